The summed E-state index contributed by atoms with van der Waals surface area (Å²) in [5.41, 5.74) is 0.618. The first-order chi connectivity index (χ1) is 9.88. The molecule has 1 heterocycles. The van der Waals surface area contributed by atoms with Gasteiger partial charge in [0.1, 0.15) is 0 Å². The van der Waals surface area contributed by atoms with Crippen molar-refractivity contribution in [3.8, 4) is 0 Å². The smallest absolute Gasteiger partial charge is 0.214 e. The van der Waals surface area contributed by atoms with Crippen LogP contribution in [0.5, 0.6) is 0 Å². The molecular weight excluding hydrogens is 284 g/mol. The minimum Gasteiger partial charge on any atom is -0.261 e. The zero-order valence-corrected chi connectivity index (χ0v) is 13.6. The fourth-order valence-corrected chi connectivity index (χ4v) is 5.86. The molecule has 0 amide bonds. The number of pyridine rings is 1. The van der Waals surface area contributed by atoms with Crippen molar-refractivity contribution in [2.75, 3.05) is 6.54 Å². The molecule has 0 saturated heterocycles. The summed E-state index contributed by atoms with van der Waals surface area (Å²) in [7, 11) is -3.21. The molecule has 2 aliphatic rings. The highest BCUT2D eigenvalue weighted by Gasteiger charge is 2.46. The van der Waals surface area contributed by atoms with Crippen molar-refractivity contribution in [1.82, 2.24) is 9.71 Å². The Morgan fingerprint density at radius 3 is 2.67 bits per heavy atom. The molecule has 21 heavy (non-hydrogen) atoms. The van der Waals surface area contributed by atoms with Gasteiger partial charge in [-0.05, 0) is 43.2 Å². The van der Waals surface area contributed by atoms with Crippen molar-refractivity contribution in [2.45, 2.75) is 50.2 Å². The first-order valence-corrected chi connectivity index (χ1v) is 9.33. The van der Waals surface area contributed by atoms with Crippen molar-refractivity contribution in [1.29, 1.82) is 0 Å². The maximum Gasteiger partial charge on any atom is 0.214 e. The largest absolute Gasteiger partial charge is 0.261 e. The molecular formula is C16H24N2O2S. The highest BCUT2D eigenvalue weighted by molar-refractivity contribution is 7.90. The van der Waals surface area contributed by atoms with Crippen LogP contribution in [0.2, 0.25) is 0 Å². The third kappa shape index (κ3) is 2.99. The Hall–Kier alpha value is -0.940. The van der Waals surface area contributed by atoms with Crippen LogP contribution >= 0.6 is 0 Å². The van der Waals surface area contributed by atoms with Crippen LogP contribution in [0.25, 0.3) is 0 Å². The molecule has 5 heteroatoms. The van der Waals surface area contributed by atoms with E-state index in [1.807, 2.05) is 32.0 Å². The first kappa shape index (κ1) is 15.0. The normalized spacial score (nSPS) is 29.0. The van der Waals surface area contributed by atoms with Crippen LogP contribution in [0.3, 0.4) is 0 Å². The van der Waals surface area contributed by atoms with E-state index in [9.17, 15) is 8.42 Å². The molecule has 2 saturated carbocycles. The van der Waals surface area contributed by atoms with E-state index in [1.165, 1.54) is 6.42 Å². The van der Waals surface area contributed by atoms with Crippen LogP contribution in [0, 0.1) is 11.8 Å². The summed E-state index contributed by atoms with van der Waals surface area (Å²) in [6.45, 7) is 4.46. The summed E-state index contributed by atoms with van der Waals surface area (Å²) in [4.78, 5) is 4.35. The molecule has 4 nitrogen and oxygen atoms in total. The number of fused-ring (bicyclic) bond motifs is 2. The van der Waals surface area contributed by atoms with Crippen molar-refractivity contribution in [2.24, 2.45) is 11.8 Å². The molecule has 1 unspecified atom stereocenters. The van der Waals surface area contributed by atoms with Gasteiger partial charge in [-0.15, -0.1) is 0 Å². The average Bonchev–Trinajstić information content (AvgIpc) is 3.09. The number of sulfonamides is 1. The third-order valence-electron chi connectivity index (χ3n) is 5.15. The summed E-state index contributed by atoms with van der Waals surface area (Å²) in [6, 6.07) is 5.76. The first-order valence-electron chi connectivity index (χ1n) is 7.78. The number of nitrogens with one attached hydrogen (secondary N) is 1. The minimum absolute atomic E-state index is 0.171. The van der Waals surface area contributed by atoms with Crippen LogP contribution < -0.4 is 4.72 Å². The van der Waals surface area contributed by atoms with Gasteiger partial charge in [0.15, 0.2) is 0 Å². The standard InChI is InChI=1S/C16H24N2O2S/c1-16(2,15-5-3-4-8-17-15)11-18-21(19,20)14-10-12-6-7-13(14)9-12/h3-5,8,12-14,18H,6-7,9-11H2,1-2H3/t12-,13+,14?/m1/s1. The van der Waals surface area contributed by atoms with Gasteiger partial charge in [-0.2, -0.15) is 0 Å². The summed E-state index contributed by atoms with van der Waals surface area (Å²) in [5, 5.41) is -0.171. The second-order valence-electron chi connectivity index (χ2n) is 7.18. The second kappa shape index (κ2) is 5.36. The highest BCUT2D eigenvalue weighted by Crippen LogP contribution is 2.47. The molecule has 0 aliphatic heterocycles. The van der Waals surface area contributed by atoms with Crippen LogP contribution in [0.4, 0.5) is 0 Å². The third-order valence-corrected chi connectivity index (χ3v) is 7.07. The summed E-state index contributed by atoms with van der Waals surface area (Å²) in [5.74, 6) is 1.02. The molecule has 1 aromatic rings. The van der Waals surface area contributed by atoms with Crippen molar-refractivity contribution in [3.05, 3.63) is 30.1 Å². The lowest BCUT2D eigenvalue weighted by atomic mass is 9.89. The fraction of sp³-hybridized carbons (Fsp3) is 0.688. The lowest BCUT2D eigenvalue weighted by Gasteiger charge is -2.27. The molecule has 1 N–H and O–H groups in total. The number of hydrogen-bond acceptors (Lipinski definition) is 3. The maximum absolute atomic E-state index is 12.6. The fourth-order valence-electron chi connectivity index (χ4n) is 3.81. The molecule has 0 spiro atoms. The van der Waals surface area contributed by atoms with Crippen LogP contribution in [0.1, 0.15) is 45.2 Å². The average molecular weight is 308 g/mol. The predicted molar refractivity (Wildman–Crippen MR) is 83.4 cm³/mol. The monoisotopic (exact) mass is 308 g/mol. The molecule has 1 aromatic heterocycles. The van der Waals surface area contributed by atoms with Gasteiger partial charge >= 0.3 is 0 Å². The molecule has 3 atom stereocenters. The van der Waals surface area contributed by atoms with Gasteiger partial charge in [0.05, 0.1) is 5.25 Å². The SMILES string of the molecule is CC(C)(CNS(=O)(=O)C1C[C@@H]2CC[C@H]1C2)c1ccccn1. The van der Waals surface area contributed by atoms with E-state index < -0.39 is 10.0 Å². The molecule has 3 rings (SSSR count). The minimum atomic E-state index is -3.21. The van der Waals surface area contributed by atoms with E-state index in [4.69, 9.17) is 0 Å². The molecule has 0 aromatic carbocycles. The molecule has 2 aliphatic carbocycles. The Morgan fingerprint density at radius 2 is 2.10 bits per heavy atom. The second-order valence-corrected chi connectivity index (χ2v) is 9.16. The topological polar surface area (TPSA) is 59.1 Å². The van der Waals surface area contributed by atoms with Gasteiger partial charge in [0.25, 0.3) is 0 Å². The number of hydrogen-bond donors (Lipinski definition) is 1. The van der Waals surface area contributed by atoms with Crippen molar-refractivity contribution >= 4 is 10.0 Å². The van der Waals surface area contributed by atoms with E-state index in [2.05, 4.69) is 9.71 Å². The Balaban J connectivity index is 1.67. The zero-order valence-electron chi connectivity index (χ0n) is 12.7. The van der Waals surface area contributed by atoms with E-state index >= 15 is 0 Å². The Bertz CT molecular complexity index is 598. The number of rotatable bonds is 5. The predicted octanol–water partition coefficient (Wildman–Crippen LogP) is 2.47. The zero-order chi connectivity index (χ0) is 15.1. The van der Waals surface area contributed by atoms with Crippen molar-refractivity contribution < 1.29 is 8.42 Å². The van der Waals surface area contributed by atoms with Gasteiger partial charge in [0.2, 0.25) is 10.0 Å². The molecule has 2 fully saturated rings. The lowest BCUT2D eigenvalue weighted by molar-refractivity contribution is 0.446. The van der Waals surface area contributed by atoms with Gasteiger partial charge in [-0.3, -0.25) is 4.98 Å². The summed E-state index contributed by atoms with van der Waals surface area (Å²) < 4.78 is 28.0. The molecule has 2 bridgehead atoms. The van der Waals surface area contributed by atoms with Crippen LogP contribution in [0.15, 0.2) is 24.4 Å². The van der Waals surface area contributed by atoms with E-state index in [0.29, 0.717) is 18.4 Å². The maximum atomic E-state index is 12.6. The number of aromatic nitrogens is 1. The van der Waals surface area contributed by atoms with Crippen molar-refractivity contribution in [3.63, 3.8) is 0 Å². The Labute approximate surface area is 127 Å². The Morgan fingerprint density at radius 1 is 1.29 bits per heavy atom. The summed E-state index contributed by atoms with van der Waals surface area (Å²) in [6.07, 6.45) is 6.01. The van der Waals surface area contributed by atoms with E-state index in [0.717, 1.165) is 25.0 Å². The number of nitrogens with zero attached hydrogens (tertiary/aromatic N) is 1. The summed E-state index contributed by atoms with van der Waals surface area (Å²) >= 11 is 0. The van der Waals surface area contributed by atoms with E-state index in [1.54, 1.807) is 6.20 Å². The molecule has 0 radical (unpaired) electrons. The van der Waals surface area contributed by atoms with Gasteiger partial charge in [-0.25, -0.2) is 13.1 Å². The van der Waals surface area contributed by atoms with Gasteiger partial charge in [0, 0.05) is 23.9 Å². The van der Waals surface area contributed by atoms with Gasteiger partial charge < -0.3 is 0 Å². The van der Waals surface area contributed by atoms with Crippen LogP contribution in [-0.4, -0.2) is 25.2 Å². The van der Waals surface area contributed by atoms with Gasteiger partial charge in [-0.1, -0.05) is 26.3 Å². The van der Waals surface area contributed by atoms with E-state index in [-0.39, 0.29) is 10.7 Å². The highest BCUT2D eigenvalue weighted by atomic mass is 32.2. The van der Waals surface area contributed by atoms with Crippen LogP contribution in [-0.2, 0) is 15.4 Å². The quantitative estimate of drug-likeness (QED) is 0.909. The lowest BCUT2D eigenvalue weighted by Crippen LogP contribution is -2.43. The Kier molecular flexibility index (Phi) is 3.82. The molecule has 116 valence electrons.